The van der Waals surface area contributed by atoms with Crippen molar-refractivity contribution in [3.05, 3.63) is 22.4 Å². The summed E-state index contributed by atoms with van der Waals surface area (Å²) in [5.41, 5.74) is -0.778. The molecule has 16 heavy (non-hydrogen) atoms. The Balaban J connectivity index is 2.67. The van der Waals surface area contributed by atoms with E-state index in [9.17, 15) is 18.0 Å². The van der Waals surface area contributed by atoms with E-state index >= 15 is 0 Å². The number of alkyl halides is 3. The van der Waals surface area contributed by atoms with Crippen LogP contribution in [0, 0.1) is 0 Å². The minimum Gasteiger partial charge on any atom is -0.312 e. The Morgan fingerprint density at radius 1 is 1.50 bits per heavy atom. The molecule has 0 saturated carbocycles. The van der Waals surface area contributed by atoms with Gasteiger partial charge in [0, 0.05) is 7.05 Å². The van der Waals surface area contributed by atoms with Crippen molar-refractivity contribution in [3.63, 3.8) is 0 Å². The summed E-state index contributed by atoms with van der Waals surface area (Å²) in [6, 6.07) is 0. The molecule has 0 atom stereocenters. The first-order chi connectivity index (χ1) is 7.38. The molecule has 0 bridgehead atoms. The molecule has 0 aromatic carbocycles. The van der Waals surface area contributed by atoms with Gasteiger partial charge >= 0.3 is 6.18 Å². The number of halogens is 3. The van der Waals surface area contributed by atoms with Crippen LogP contribution in [0.1, 0.15) is 5.69 Å². The third-order valence-corrected chi connectivity index (χ3v) is 2.07. The van der Waals surface area contributed by atoms with E-state index in [1.54, 1.807) is 0 Å². The van der Waals surface area contributed by atoms with Gasteiger partial charge in [-0.05, 0) is 0 Å². The normalized spacial score (nSPS) is 12.2. The van der Waals surface area contributed by atoms with Crippen LogP contribution >= 0.6 is 0 Å². The molecule has 0 aliphatic rings. The molecule has 1 N–H and O–H groups in total. The Morgan fingerprint density at radius 3 is 2.81 bits per heavy atom. The number of H-pyrrole nitrogens is 1. The number of hydrogen-bond donors (Lipinski definition) is 1. The number of fused-ring (bicyclic) bond motifs is 1. The summed E-state index contributed by atoms with van der Waals surface area (Å²) in [7, 11) is 1.44. The summed E-state index contributed by atoms with van der Waals surface area (Å²) < 4.78 is 37.8. The largest absolute Gasteiger partial charge is 0.394 e. The fourth-order valence-electron chi connectivity index (χ4n) is 1.49. The van der Waals surface area contributed by atoms with Gasteiger partial charge in [0.1, 0.15) is 5.39 Å². The van der Waals surface area contributed by atoms with Gasteiger partial charge in [-0.25, -0.2) is 9.67 Å². The lowest BCUT2D eigenvalue weighted by Crippen LogP contribution is -2.15. The lowest BCUT2D eigenvalue weighted by molar-refractivity contribution is -0.127. The van der Waals surface area contributed by atoms with Gasteiger partial charge in [-0.15, -0.1) is 0 Å². The molecule has 2 heterocycles. The molecular formula is C8H7F3N4O. The molecule has 0 spiro atoms. The van der Waals surface area contributed by atoms with Crippen molar-refractivity contribution in [2.45, 2.75) is 12.6 Å². The number of nitrogens with zero attached hydrogens (tertiary/aromatic N) is 3. The van der Waals surface area contributed by atoms with Gasteiger partial charge in [0.15, 0.2) is 5.65 Å². The predicted molar refractivity (Wildman–Crippen MR) is 48.9 cm³/mol. The maximum atomic E-state index is 12.2. The van der Waals surface area contributed by atoms with E-state index in [2.05, 4.69) is 15.1 Å². The molecule has 0 amide bonds. The van der Waals surface area contributed by atoms with E-state index in [1.807, 2.05) is 0 Å². The van der Waals surface area contributed by atoms with Crippen LogP contribution in [0.15, 0.2) is 11.1 Å². The Labute approximate surface area is 86.9 Å². The third-order valence-electron chi connectivity index (χ3n) is 2.07. The van der Waals surface area contributed by atoms with E-state index in [4.69, 9.17) is 0 Å². The highest BCUT2D eigenvalue weighted by Gasteiger charge is 2.31. The van der Waals surface area contributed by atoms with Crippen LogP contribution in [0.4, 0.5) is 13.2 Å². The van der Waals surface area contributed by atoms with Crippen molar-refractivity contribution in [1.29, 1.82) is 0 Å². The first kappa shape index (κ1) is 10.7. The van der Waals surface area contributed by atoms with Crippen LogP contribution < -0.4 is 5.56 Å². The van der Waals surface area contributed by atoms with Gasteiger partial charge in [-0.3, -0.25) is 4.79 Å². The van der Waals surface area contributed by atoms with Crippen LogP contribution in [0.5, 0.6) is 0 Å². The van der Waals surface area contributed by atoms with Crippen molar-refractivity contribution in [2.24, 2.45) is 7.05 Å². The molecular weight excluding hydrogens is 225 g/mol. The van der Waals surface area contributed by atoms with Gasteiger partial charge in [0.25, 0.3) is 5.56 Å². The van der Waals surface area contributed by atoms with Gasteiger partial charge in [-0.2, -0.15) is 18.3 Å². The van der Waals surface area contributed by atoms with Crippen molar-refractivity contribution in [3.8, 4) is 0 Å². The minimum absolute atomic E-state index is 0.109. The van der Waals surface area contributed by atoms with Crippen molar-refractivity contribution in [1.82, 2.24) is 19.7 Å². The first-order valence-corrected chi connectivity index (χ1v) is 4.34. The lowest BCUT2D eigenvalue weighted by Gasteiger charge is -2.02. The van der Waals surface area contributed by atoms with Crippen molar-refractivity contribution < 1.29 is 13.2 Å². The smallest absolute Gasteiger partial charge is 0.312 e. The Bertz CT molecular complexity index is 583. The fourth-order valence-corrected chi connectivity index (χ4v) is 1.49. The summed E-state index contributed by atoms with van der Waals surface area (Å²) >= 11 is 0. The van der Waals surface area contributed by atoms with Gasteiger partial charge in [0.05, 0.1) is 18.4 Å². The summed E-state index contributed by atoms with van der Waals surface area (Å²) in [6.45, 7) is 0. The Hall–Kier alpha value is -1.86. The number of hydrogen-bond acceptors (Lipinski definition) is 3. The van der Waals surface area contributed by atoms with Crippen LogP contribution in [0.3, 0.4) is 0 Å². The zero-order chi connectivity index (χ0) is 11.9. The van der Waals surface area contributed by atoms with Gasteiger partial charge in [0.2, 0.25) is 0 Å². The fraction of sp³-hybridized carbons (Fsp3) is 0.375. The molecule has 86 valence electrons. The standard InChI is InChI=1S/C8H7F3N4O/c1-15-6-5(7(16)13-3-12-6)4(14-15)2-8(9,10)11/h3H,2H2,1H3,(H,12,13,16). The Morgan fingerprint density at radius 2 is 2.19 bits per heavy atom. The lowest BCUT2D eigenvalue weighted by atomic mass is 10.2. The second kappa shape index (κ2) is 3.32. The average molecular weight is 232 g/mol. The van der Waals surface area contributed by atoms with Crippen LogP contribution in [0.2, 0.25) is 0 Å². The third kappa shape index (κ3) is 1.77. The highest BCUT2D eigenvalue weighted by atomic mass is 19.4. The van der Waals surface area contributed by atoms with Crippen molar-refractivity contribution in [2.75, 3.05) is 0 Å². The molecule has 5 nitrogen and oxygen atoms in total. The van der Waals surface area contributed by atoms with E-state index < -0.39 is 18.2 Å². The number of nitrogens with one attached hydrogen (secondary N) is 1. The monoisotopic (exact) mass is 232 g/mol. The van der Waals surface area contributed by atoms with Crippen LogP contribution in [-0.4, -0.2) is 25.9 Å². The average Bonchev–Trinajstić information content (AvgIpc) is 2.42. The zero-order valence-electron chi connectivity index (χ0n) is 8.17. The van der Waals surface area contributed by atoms with E-state index in [0.717, 1.165) is 11.0 Å². The maximum absolute atomic E-state index is 12.2. The molecule has 2 rings (SSSR count). The topological polar surface area (TPSA) is 63.6 Å². The maximum Gasteiger partial charge on any atom is 0.394 e. The van der Waals surface area contributed by atoms with Gasteiger partial charge in [-0.1, -0.05) is 0 Å². The molecule has 2 aromatic heterocycles. The highest BCUT2D eigenvalue weighted by molar-refractivity contribution is 5.76. The number of aromatic amines is 1. The predicted octanol–water partition coefficient (Wildman–Crippen LogP) is 0.761. The SMILES string of the molecule is Cn1nc(CC(F)(F)F)c2c(=O)[nH]cnc21. The van der Waals surface area contributed by atoms with E-state index in [0.29, 0.717) is 0 Å². The molecule has 2 aromatic rings. The Kier molecular flexibility index (Phi) is 2.21. The molecule has 0 aliphatic carbocycles. The molecule has 0 unspecified atom stereocenters. The summed E-state index contributed by atoms with van der Waals surface area (Å²) in [5.74, 6) is 0. The van der Waals surface area contributed by atoms with Crippen LogP contribution in [0.25, 0.3) is 11.0 Å². The molecule has 0 aliphatic heterocycles. The molecule has 8 heteroatoms. The quantitative estimate of drug-likeness (QED) is 0.789. The molecule has 0 fully saturated rings. The highest BCUT2D eigenvalue weighted by Crippen LogP contribution is 2.23. The van der Waals surface area contributed by atoms with Crippen molar-refractivity contribution >= 4 is 11.0 Å². The van der Waals surface area contributed by atoms with Gasteiger partial charge < -0.3 is 4.98 Å². The second-order valence-electron chi connectivity index (χ2n) is 3.29. The van der Waals surface area contributed by atoms with Crippen LogP contribution in [-0.2, 0) is 13.5 Å². The first-order valence-electron chi connectivity index (χ1n) is 4.34. The minimum atomic E-state index is -4.40. The number of aromatic nitrogens is 4. The number of aryl methyl sites for hydroxylation is 1. The summed E-state index contributed by atoms with van der Waals surface area (Å²) in [6.07, 6.45) is -4.51. The number of rotatable bonds is 1. The summed E-state index contributed by atoms with van der Waals surface area (Å²) in [4.78, 5) is 17.4. The van der Waals surface area contributed by atoms with E-state index in [1.165, 1.54) is 7.05 Å². The second-order valence-corrected chi connectivity index (χ2v) is 3.29. The zero-order valence-corrected chi connectivity index (χ0v) is 8.17. The summed E-state index contributed by atoms with van der Waals surface area (Å²) in [5, 5.41) is 3.54. The molecule has 0 radical (unpaired) electrons. The molecule has 0 saturated heterocycles. The van der Waals surface area contributed by atoms with E-state index in [-0.39, 0.29) is 16.7 Å².